The predicted octanol–water partition coefficient (Wildman–Crippen LogP) is 2.99. The first-order chi connectivity index (χ1) is 9.74. The van der Waals surface area contributed by atoms with E-state index in [1.165, 1.54) is 11.8 Å². The minimum Gasteiger partial charge on any atom is -0.318 e. The molecule has 0 bridgehead atoms. The van der Waals surface area contributed by atoms with Crippen molar-refractivity contribution in [1.29, 1.82) is 0 Å². The molecule has 5 heteroatoms. The first-order valence-electron chi connectivity index (χ1n) is 6.37. The second kappa shape index (κ2) is 4.53. The van der Waals surface area contributed by atoms with E-state index in [0.29, 0.717) is 17.2 Å². The molecule has 4 rings (SSSR count). The lowest BCUT2D eigenvalue weighted by molar-refractivity contribution is -0.113. The summed E-state index contributed by atoms with van der Waals surface area (Å²) >= 11 is 2.86. The lowest BCUT2D eigenvalue weighted by Crippen LogP contribution is -2.39. The Kier molecular flexibility index (Phi) is 2.79. The normalized spacial score (nSPS) is 21.8. The molecule has 0 saturated carbocycles. The zero-order valence-electron chi connectivity index (χ0n) is 10.5. The summed E-state index contributed by atoms with van der Waals surface area (Å²) in [5.74, 6) is 1.31. The summed E-state index contributed by atoms with van der Waals surface area (Å²) in [5.41, 5.74) is 0.659. The van der Waals surface area contributed by atoms with Gasteiger partial charge in [0.15, 0.2) is 0 Å². The van der Waals surface area contributed by atoms with E-state index in [-0.39, 0.29) is 17.1 Å². The fraction of sp³-hybridized carbons (Fsp3) is 0.200. The van der Waals surface area contributed by atoms with E-state index in [1.54, 1.807) is 16.7 Å². The van der Waals surface area contributed by atoms with Crippen molar-refractivity contribution >= 4 is 45.3 Å². The summed E-state index contributed by atoms with van der Waals surface area (Å²) in [5, 5.41) is 2.19. The number of hydrogen-bond acceptors (Lipinski definition) is 4. The molecule has 0 spiro atoms. The van der Waals surface area contributed by atoms with Gasteiger partial charge in [0.1, 0.15) is 6.04 Å². The molecule has 1 atom stereocenters. The second-order valence-corrected chi connectivity index (χ2v) is 6.95. The summed E-state index contributed by atoms with van der Waals surface area (Å²) in [4.78, 5) is 27.4. The number of hydrogen-bond donors (Lipinski definition) is 0. The molecule has 2 aromatic carbocycles. The van der Waals surface area contributed by atoms with Crippen LogP contribution >= 0.6 is 23.5 Å². The molecule has 1 amide bonds. The Morgan fingerprint density at radius 2 is 1.85 bits per heavy atom. The van der Waals surface area contributed by atoms with Gasteiger partial charge in [0.25, 0.3) is 5.91 Å². The molecule has 2 heterocycles. The SMILES string of the molecule is O=C1Sc2cc3ccccc3cc2C(=O)N2CSC[C@@H]12. The van der Waals surface area contributed by atoms with Gasteiger partial charge in [-0.15, -0.1) is 11.8 Å². The highest BCUT2D eigenvalue weighted by Gasteiger charge is 2.39. The molecule has 0 aliphatic carbocycles. The van der Waals surface area contributed by atoms with Gasteiger partial charge >= 0.3 is 0 Å². The number of carbonyl (C=O) groups is 2. The molecule has 0 radical (unpaired) electrons. The number of thioether (sulfide) groups is 2. The largest absolute Gasteiger partial charge is 0.318 e. The van der Waals surface area contributed by atoms with Crippen LogP contribution in [0.4, 0.5) is 0 Å². The molecule has 20 heavy (non-hydrogen) atoms. The third-order valence-electron chi connectivity index (χ3n) is 3.70. The summed E-state index contributed by atoms with van der Waals surface area (Å²) in [6.07, 6.45) is 0. The van der Waals surface area contributed by atoms with Crippen molar-refractivity contribution in [2.75, 3.05) is 11.6 Å². The van der Waals surface area contributed by atoms with Gasteiger partial charge < -0.3 is 4.90 Å². The van der Waals surface area contributed by atoms with Crippen molar-refractivity contribution in [2.45, 2.75) is 10.9 Å². The van der Waals surface area contributed by atoms with Crippen LogP contribution in [0.5, 0.6) is 0 Å². The third kappa shape index (κ3) is 1.77. The first-order valence-corrected chi connectivity index (χ1v) is 8.34. The maximum Gasteiger partial charge on any atom is 0.256 e. The first kappa shape index (κ1) is 12.3. The Balaban J connectivity index is 1.94. The molecule has 0 aromatic heterocycles. The van der Waals surface area contributed by atoms with E-state index in [4.69, 9.17) is 0 Å². The highest BCUT2D eigenvalue weighted by molar-refractivity contribution is 8.14. The van der Waals surface area contributed by atoms with Crippen LogP contribution in [-0.4, -0.2) is 33.6 Å². The average Bonchev–Trinajstić information content (AvgIpc) is 2.92. The van der Waals surface area contributed by atoms with Crippen LogP contribution in [0.1, 0.15) is 10.4 Å². The molecule has 100 valence electrons. The Bertz CT molecular complexity index is 744. The van der Waals surface area contributed by atoms with E-state index in [2.05, 4.69) is 0 Å². The van der Waals surface area contributed by atoms with Crippen LogP contribution in [0.25, 0.3) is 10.8 Å². The van der Waals surface area contributed by atoms with Crippen LogP contribution in [0.3, 0.4) is 0 Å². The molecule has 3 nitrogen and oxygen atoms in total. The number of fused-ring (bicyclic) bond motifs is 3. The van der Waals surface area contributed by atoms with Crippen LogP contribution < -0.4 is 0 Å². The summed E-state index contributed by atoms with van der Waals surface area (Å²) < 4.78 is 0. The number of rotatable bonds is 0. The van der Waals surface area contributed by atoms with Gasteiger partial charge in [-0.1, -0.05) is 24.3 Å². The van der Waals surface area contributed by atoms with Crippen molar-refractivity contribution in [3.8, 4) is 0 Å². The zero-order chi connectivity index (χ0) is 13.7. The topological polar surface area (TPSA) is 37.4 Å². The Labute approximate surface area is 124 Å². The van der Waals surface area contributed by atoms with Gasteiger partial charge in [-0.25, -0.2) is 0 Å². The summed E-state index contributed by atoms with van der Waals surface area (Å²) in [6.45, 7) is 0. The quantitative estimate of drug-likeness (QED) is 0.749. The number of amides is 1. The van der Waals surface area contributed by atoms with E-state index in [9.17, 15) is 9.59 Å². The van der Waals surface area contributed by atoms with Crippen LogP contribution in [0, 0.1) is 0 Å². The molecule has 0 unspecified atom stereocenters. The smallest absolute Gasteiger partial charge is 0.256 e. The van der Waals surface area contributed by atoms with Crippen LogP contribution in [-0.2, 0) is 4.79 Å². The molecular formula is C15H11NO2S2. The standard InChI is InChI=1S/C15H11NO2S2/c17-14-11-5-9-3-1-2-4-10(9)6-13(11)20-15(18)12-7-19-8-16(12)14/h1-6,12H,7-8H2/t12-/m0/s1. The minimum atomic E-state index is -0.270. The van der Waals surface area contributed by atoms with Gasteiger partial charge in [-0.3, -0.25) is 9.59 Å². The lowest BCUT2D eigenvalue weighted by Gasteiger charge is -2.19. The lowest BCUT2D eigenvalue weighted by atomic mass is 10.1. The molecule has 1 saturated heterocycles. The Morgan fingerprint density at radius 3 is 2.65 bits per heavy atom. The highest BCUT2D eigenvalue weighted by atomic mass is 32.2. The number of benzene rings is 2. The van der Waals surface area contributed by atoms with Crippen molar-refractivity contribution in [3.63, 3.8) is 0 Å². The molecular weight excluding hydrogens is 290 g/mol. The van der Waals surface area contributed by atoms with Crippen molar-refractivity contribution in [1.82, 2.24) is 4.90 Å². The fourth-order valence-corrected chi connectivity index (χ4v) is 4.90. The molecule has 1 fully saturated rings. The highest BCUT2D eigenvalue weighted by Crippen LogP contribution is 2.37. The van der Waals surface area contributed by atoms with Gasteiger partial charge in [-0.2, -0.15) is 0 Å². The van der Waals surface area contributed by atoms with E-state index < -0.39 is 0 Å². The minimum absolute atomic E-state index is 0.0147. The van der Waals surface area contributed by atoms with E-state index in [1.807, 2.05) is 36.4 Å². The van der Waals surface area contributed by atoms with Crippen molar-refractivity contribution in [3.05, 3.63) is 42.0 Å². The molecule has 2 aliphatic heterocycles. The van der Waals surface area contributed by atoms with Crippen molar-refractivity contribution in [2.24, 2.45) is 0 Å². The van der Waals surface area contributed by atoms with Gasteiger partial charge in [-0.05, 0) is 34.7 Å². The van der Waals surface area contributed by atoms with E-state index in [0.717, 1.165) is 15.7 Å². The van der Waals surface area contributed by atoms with Gasteiger partial charge in [0, 0.05) is 10.6 Å². The fourth-order valence-electron chi connectivity index (χ4n) is 2.64. The van der Waals surface area contributed by atoms with Crippen molar-refractivity contribution < 1.29 is 9.59 Å². The molecule has 2 aromatic rings. The number of carbonyl (C=O) groups excluding carboxylic acids is 2. The maximum atomic E-state index is 12.7. The van der Waals surface area contributed by atoms with Gasteiger partial charge in [0.05, 0.1) is 11.4 Å². The Morgan fingerprint density at radius 1 is 1.10 bits per heavy atom. The van der Waals surface area contributed by atoms with Crippen LogP contribution in [0.15, 0.2) is 41.3 Å². The Hall–Kier alpha value is -1.46. The average molecular weight is 301 g/mol. The molecule has 0 N–H and O–H groups in total. The second-order valence-electron chi connectivity index (χ2n) is 4.91. The zero-order valence-corrected chi connectivity index (χ0v) is 12.2. The monoisotopic (exact) mass is 301 g/mol. The van der Waals surface area contributed by atoms with Gasteiger partial charge in [0.2, 0.25) is 5.12 Å². The third-order valence-corrected chi connectivity index (χ3v) is 5.75. The number of nitrogens with zero attached hydrogens (tertiary/aromatic N) is 1. The predicted molar refractivity (Wildman–Crippen MR) is 82.1 cm³/mol. The maximum absolute atomic E-state index is 12.7. The molecule has 2 aliphatic rings. The summed E-state index contributed by atoms with van der Waals surface area (Å²) in [6, 6.07) is 11.5. The summed E-state index contributed by atoms with van der Waals surface area (Å²) in [7, 11) is 0. The van der Waals surface area contributed by atoms with E-state index >= 15 is 0 Å². The van der Waals surface area contributed by atoms with Crippen LogP contribution in [0.2, 0.25) is 0 Å².